The summed E-state index contributed by atoms with van der Waals surface area (Å²) in [6, 6.07) is 16.8. The Balaban J connectivity index is 1.09. The van der Waals surface area contributed by atoms with Gasteiger partial charge in [0.1, 0.15) is 23.5 Å². The third-order valence-electron chi connectivity index (χ3n) is 10.3. The van der Waals surface area contributed by atoms with Gasteiger partial charge < -0.3 is 34.7 Å². The van der Waals surface area contributed by atoms with Gasteiger partial charge in [0.25, 0.3) is 0 Å². The number of nitrogens with one attached hydrogen (secondary N) is 3. The Kier molecular flexibility index (Phi) is 10.9. The van der Waals surface area contributed by atoms with Crippen LogP contribution in [0.25, 0.3) is 33.2 Å². The zero-order valence-electron chi connectivity index (χ0n) is 31.7. The van der Waals surface area contributed by atoms with Crippen molar-refractivity contribution in [2.24, 2.45) is 0 Å². The Hall–Kier alpha value is -5.69. The van der Waals surface area contributed by atoms with Crippen molar-refractivity contribution >= 4 is 40.5 Å². The molecule has 0 spiro atoms. The number of rotatable bonds is 4. The number of amides is 4. The summed E-state index contributed by atoms with van der Waals surface area (Å²) < 4.78 is 16.4. The van der Waals surface area contributed by atoms with Crippen LogP contribution in [0.5, 0.6) is 0 Å². The number of alkyl carbamates (subject to hydrolysis) is 1. The van der Waals surface area contributed by atoms with Crippen molar-refractivity contribution in [3.63, 3.8) is 0 Å². The van der Waals surface area contributed by atoms with Crippen LogP contribution in [0, 0.1) is 0 Å². The lowest BCUT2D eigenvalue weighted by Gasteiger charge is -2.28. The van der Waals surface area contributed by atoms with Crippen LogP contribution >= 0.6 is 0 Å². The maximum absolute atomic E-state index is 13.6. The third-order valence-corrected chi connectivity index (χ3v) is 10.3. The monoisotopic (exact) mass is 748 g/mol. The molecule has 0 bridgehead atoms. The van der Waals surface area contributed by atoms with E-state index >= 15 is 0 Å². The molecule has 2 saturated heterocycles. The van der Waals surface area contributed by atoms with Crippen LogP contribution in [0.4, 0.5) is 15.3 Å². The summed E-state index contributed by atoms with van der Waals surface area (Å²) >= 11 is 0. The maximum atomic E-state index is 13.6. The molecule has 3 aliphatic rings. The number of hydrogen-bond acceptors (Lipinski definition) is 8. The van der Waals surface area contributed by atoms with Crippen molar-refractivity contribution < 1.29 is 33.4 Å². The molecule has 13 heteroatoms. The van der Waals surface area contributed by atoms with Gasteiger partial charge in [0.2, 0.25) is 11.8 Å². The Morgan fingerprint density at radius 2 is 1.62 bits per heavy atom. The van der Waals surface area contributed by atoms with Gasteiger partial charge in [-0.2, -0.15) is 0 Å². The molecule has 13 nitrogen and oxygen atoms in total. The van der Waals surface area contributed by atoms with Gasteiger partial charge in [0.15, 0.2) is 0 Å². The molecule has 3 aromatic carbocycles. The van der Waals surface area contributed by atoms with Crippen LogP contribution in [0.1, 0.15) is 70.3 Å². The summed E-state index contributed by atoms with van der Waals surface area (Å²) in [6.07, 6.45) is 7.58. The van der Waals surface area contributed by atoms with Gasteiger partial charge in [-0.05, 0) is 99.0 Å². The number of methoxy groups -OCH3 is 1. The predicted molar refractivity (Wildman–Crippen MR) is 208 cm³/mol. The number of imidazole rings is 1. The van der Waals surface area contributed by atoms with Gasteiger partial charge in [-0.15, -0.1) is 0 Å². The molecule has 7 rings (SSSR count). The van der Waals surface area contributed by atoms with Crippen molar-refractivity contribution in [3.8, 4) is 22.4 Å². The fourth-order valence-corrected chi connectivity index (χ4v) is 7.53. The van der Waals surface area contributed by atoms with Gasteiger partial charge in [-0.3, -0.25) is 14.5 Å². The highest BCUT2D eigenvalue weighted by molar-refractivity contribution is 5.99. The van der Waals surface area contributed by atoms with E-state index in [4.69, 9.17) is 14.2 Å². The lowest BCUT2D eigenvalue weighted by molar-refractivity contribution is -0.138. The minimum absolute atomic E-state index is 0.157. The lowest BCUT2D eigenvalue weighted by Crippen LogP contribution is -2.52. The Labute approximate surface area is 320 Å². The summed E-state index contributed by atoms with van der Waals surface area (Å²) in [6.45, 7) is 7.21. The number of carbonyl (C=O) groups is 4. The van der Waals surface area contributed by atoms with Crippen molar-refractivity contribution in [2.45, 2.75) is 83.2 Å². The van der Waals surface area contributed by atoms with E-state index in [1.165, 1.54) is 7.11 Å². The first kappa shape index (κ1) is 37.6. The molecule has 0 aliphatic carbocycles. The first-order chi connectivity index (χ1) is 26.5. The van der Waals surface area contributed by atoms with Crippen LogP contribution < -0.4 is 10.6 Å². The second-order valence-electron chi connectivity index (χ2n) is 15.3. The number of carbonyl (C=O) groups excluding carboxylic acids is 4. The molecule has 0 radical (unpaired) electrons. The predicted octanol–water partition coefficient (Wildman–Crippen LogP) is 7.10. The first-order valence-electron chi connectivity index (χ1n) is 18.9. The highest BCUT2D eigenvalue weighted by Gasteiger charge is 2.38. The SMILES string of the molecule is COC(=O)N[C@H]1CC=CCOCc2cc(-c3ccc4cc(-c5cnc([C@@H]6CCCN6C(=O)OC(C)(C)C)[nH]5)ccc4c3)ccc2NC(=O)[C@@H]2CCCN2C1=O. The van der Waals surface area contributed by atoms with E-state index in [0.717, 1.165) is 57.4 Å². The number of aromatic nitrogens is 2. The number of ether oxygens (including phenoxy) is 3. The molecule has 0 unspecified atom stereocenters. The molecule has 3 aliphatic heterocycles. The lowest BCUT2D eigenvalue weighted by atomic mass is 9.97. The van der Waals surface area contributed by atoms with Crippen molar-refractivity contribution in [2.75, 3.05) is 32.1 Å². The van der Waals surface area contributed by atoms with Crippen LogP contribution in [0.3, 0.4) is 0 Å². The van der Waals surface area contributed by atoms with Crippen molar-refractivity contribution in [1.82, 2.24) is 25.1 Å². The minimum Gasteiger partial charge on any atom is -0.453 e. The minimum atomic E-state index is -0.859. The van der Waals surface area contributed by atoms with E-state index in [9.17, 15) is 19.2 Å². The second-order valence-corrected chi connectivity index (χ2v) is 15.3. The molecule has 4 heterocycles. The number of nitrogens with zero attached hydrogens (tertiary/aromatic N) is 3. The summed E-state index contributed by atoms with van der Waals surface area (Å²) in [4.78, 5) is 63.5. The van der Waals surface area contributed by atoms with Crippen LogP contribution in [-0.4, -0.2) is 88.3 Å². The van der Waals surface area contributed by atoms with E-state index in [1.54, 1.807) is 15.9 Å². The zero-order chi connectivity index (χ0) is 38.7. The molecular weight excluding hydrogens is 700 g/mol. The average molecular weight is 749 g/mol. The number of aromatic amines is 1. The summed E-state index contributed by atoms with van der Waals surface area (Å²) in [5, 5.41) is 7.80. The number of H-pyrrole nitrogens is 1. The highest BCUT2D eigenvalue weighted by atomic mass is 16.6. The number of hydrogen-bond donors (Lipinski definition) is 3. The van der Waals surface area contributed by atoms with Gasteiger partial charge in [0.05, 0.1) is 38.3 Å². The molecule has 55 heavy (non-hydrogen) atoms. The largest absolute Gasteiger partial charge is 0.453 e. The molecule has 4 aromatic rings. The van der Waals surface area contributed by atoms with Gasteiger partial charge in [0, 0.05) is 29.9 Å². The van der Waals surface area contributed by atoms with E-state index in [0.29, 0.717) is 31.6 Å². The first-order valence-corrected chi connectivity index (χ1v) is 18.9. The fraction of sp³-hybridized carbons (Fsp3) is 0.405. The average Bonchev–Trinajstić information content (AvgIpc) is 3.96. The third kappa shape index (κ3) is 8.51. The van der Waals surface area contributed by atoms with Crippen molar-refractivity contribution in [1.29, 1.82) is 0 Å². The smallest absolute Gasteiger partial charge is 0.410 e. The number of fused-ring (bicyclic) bond motifs is 3. The Morgan fingerprint density at radius 3 is 2.40 bits per heavy atom. The molecule has 4 amide bonds. The molecular formula is C42H48N6O7. The normalized spacial score (nSPS) is 20.8. The molecule has 288 valence electrons. The van der Waals surface area contributed by atoms with Crippen molar-refractivity contribution in [3.05, 3.63) is 84.3 Å². The summed E-state index contributed by atoms with van der Waals surface area (Å²) in [5.74, 6) is 0.150. The van der Waals surface area contributed by atoms with E-state index < -0.39 is 23.8 Å². The van der Waals surface area contributed by atoms with Crippen LogP contribution in [-0.2, 0) is 30.4 Å². The number of anilines is 1. The maximum Gasteiger partial charge on any atom is 0.410 e. The van der Waals surface area contributed by atoms with Gasteiger partial charge in [-0.25, -0.2) is 14.6 Å². The number of likely N-dealkylation sites (tertiary alicyclic amines) is 1. The fourth-order valence-electron chi connectivity index (χ4n) is 7.53. The Bertz CT molecular complexity index is 2120. The molecule has 3 N–H and O–H groups in total. The molecule has 3 atom stereocenters. The standard InChI is InChI=1S/C42H48N6O7/c1-42(2,3)55-41(52)48-19-7-10-35(48)37-43-24-34(44-37)30-15-14-27-21-26(12-13-28(27)22-30)29-16-17-32-31(23-29)25-54-20-6-5-9-33(46-40(51)53-4)39(50)47-18-8-11-36(47)38(49)45-32/h5-6,12-17,21-24,33,35-36H,7-11,18-20,25H2,1-4H3,(H,43,44)(H,45,49)(H,46,51)/t33-,35-,36-/m0/s1. The Morgan fingerprint density at radius 1 is 0.909 bits per heavy atom. The highest BCUT2D eigenvalue weighted by Crippen LogP contribution is 2.35. The second kappa shape index (κ2) is 16.0. The topological polar surface area (TPSA) is 155 Å². The van der Waals surface area contributed by atoms with Crippen LogP contribution in [0.2, 0.25) is 0 Å². The van der Waals surface area contributed by atoms with E-state index in [1.807, 2.05) is 51.2 Å². The number of benzene rings is 3. The molecule has 2 fully saturated rings. The summed E-state index contributed by atoms with van der Waals surface area (Å²) in [7, 11) is 1.25. The molecule has 0 saturated carbocycles. The summed E-state index contributed by atoms with van der Waals surface area (Å²) in [5.41, 5.74) is 4.72. The van der Waals surface area contributed by atoms with Gasteiger partial charge >= 0.3 is 12.2 Å². The van der Waals surface area contributed by atoms with Gasteiger partial charge in [-0.1, -0.05) is 42.5 Å². The van der Waals surface area contributed by atoms with E-state index in [-0.39, 0.29) is 43.6 Å². The quantitative estimate of drug-likeness (QED) is 0.187. The zero-order valence-corrected chi connectivity index (χ0v) is 31.7. The van der Waals surface area contributed by atoms with Crippen LogP contribution in [0.15, 0.2) is 72.9 Å². The molecule has 1 aromatic heterocycles. The van der Waals surface area contributed by atoms with E-state index in [2.05, 4.69) is 57.0 Å².